The van der Waals surface area contributed by atoms with E-state index in [1.807, 2.05) is 29.1 Å². The maximum atomic E-state index is 12.1. The zero-order valence-corrected chi connectivity index (χ0v) is 17.0. The lowest BCUT2D eigenvalue weighted by Crippen LogP contribution is -2.47. The fraction of sp³-hybridized carbons (Fsp3) is 0.409. The molecule has 7 heteroatoms. The predicted octanol–water partition coefficient (Wildman–Crippen LogP) is 2.49. The first-order chi connectivity index (χ1) is 14.0. The van der Waals surface area contributed by atoms with Crippen molar-refractivity contribution in [1.82, 2.24) is 24.6 Å². The van der Waals surface area contributed by atoms with E-state index in [4.69, 9.17) is 4.74 Å². The van der Waals surface area contributed by atoms with Gasteiger partial charge in [-0.3, -0.25) is 14.4 Å². The molecule has 0 saturated carbocycles. The third-order valence-corrected chi connectivity index (χ3v) is 5.09. The summed E-state index contributed by atoms with van der Waals surface area (Å²) in [5.74, 6) is 0.604. The first-order valence-corrected chi connectivity index (χ1v) is 10.0. The summed E-state index contributed by atoms with van der Waals surface area (Å²) in [5.41, 5.74) is 2.68. The molecule has 0 atom stereocenters. The van der Waals surface area contributed by atoms with Crippen LogP contribution < -0.4 is 5.56 Å². The highest BCUT2D eigenvalue weighted by Gasteiger charge is 2.26. The average Bonchev–Trinajstić information content (AvgIpc) is 3.19. The molecule has 1 saturated heterocycles. The smallest absolute Gasteiger partial charge is 0.251 e. The van der Waals surface area contributed by atoms with Gasteiger partial charge in [0.25, 0.3) is 5.56 Å². The summed E-state index contributed by atoms with van der Waals surface area (Å²) in [6.07, 6.45) is 4.31. The summed E-state index contributed by atoms with van der Waals surface area (Å²) in [7, 11) is 0. The van der Waals surface area contributed by atoms with Gasteiger partial charge in [0.1, 0.15) is 5.82 Å². The number of H-pyrrole nitrogens is 1. The Kier molecular flexibility index (Phi) is 5.60. The van der Waals surface area contributed by atoms with Crippen LogP contribution in [-0.4, -0.2) is 49.9 Å². The largest absolute Gasteiger partial charge is 0.373 e. The molecule has 1 aliphatic heterocycles. The van der Waals surface area contributed by atoms with Crippen molar-refractivity contribution in [1.29, 1.82) is 0 Å². The van der Waals surface area contributed by atoms with Crippen LogP contribution in [0.3, 0.4) is 0 Å². The molecule has 0 radical (unpaired) electrons. The minimum Gasteiger partial charge on any atom is -0.373 e. The van der Waals surface area contributed by atoms with Crippen LogP contribution in [-0.2, 0) is 24.2 Å². The number of aromatic amines is 1. The van der Waals surface area contributed by atoms with E-state index in [9.17, 15) is 4.79 Å². The number of hydrogen-bond acceptors (Lipinski definition) is 5. The van der Waals surface area contributed by atoms with Crippen molar-refractivity contribution in [3.05, 3.63) is 70.4 Å². The lowest BCUT2D eigenvalue weighted by atomic mass is 10.1. The van der Waals surface area contributed by atoms with E-state index in [1.54, 1.807) is 12.3 Å². The van der Waals surface area contributed by atoms with Gasteiger partial charge in [-0.25, -0.2) is 4.98 Å². The van der Waals surface area contributed by atoms with Crippen molar-refractivity contribution in [3.63, 3.8) is 0 Å². The number of rotatable bonds is 6. The van der Waals surface area contributed by atoms with E-state index in [-0.39, 0.29) is 11.2 Å². The minimum absolute atomic E-state index is 0.0990. The number of aromatic nitrogens is 4. The summed E-state index contributed by atoms with van der Waals surface area (Å²) < 4.78 is 7.62. The van der Waals surface area contributed by atoms with Gasteiger partial charge < -0.3 is 9.72 Å². The van der Waals surface area contributed by atoms with E-state index < -0.39 is 0 Å². The predicted molar refractivity (Wildman–Crippen MR) is 112 cm³/mol. The molecule has 29 heavy (non-hydrogen) atoms. The van der Waals surface area contributed by atoms with Crippen LogP contribution in [0.25, 0.3) is 11.4 Å². The molecule has 7 nitrogen and oxygen atoms in total. The van der Waals surface area contributed by atoms with Gasteiger partial charge in [0.2, 0.25) is 0 Å². The van der Waals surface area contributed by atoms with Crippen molar-refractivity contribution in [3.8, 4) is 11.4 Å². The van der Waals surface area contributed by atoms with Gasteiger partial charge in [-0.1, -0.05) is 24.3 Å². The molecule has 1 aromatic carbocycles. The number of benzene rings is 1. The third-order valence-electron chi connectivity index (χ3n) is 5.09. The van der Waals surface area contributed by atoms with E-state index in [1.165, 1.54) is 5.56 Å². The van der Waals surface area contributed by atoms with Crippen molar-refractivity contribution in [2.45, 2.75) is 39.0 Å². The van der Waals surface area contributed by atoms with Gasteiger partial charge in [0, 0.05) is 56.6 Å². The topological polar surface area (TPSA) is 76.0 Å². The first-order valence-electron chi connectivity index (χ1n) is 10.0. The molecule has 0 spiro atoms. The summed E-state index contributed by atoms with van der Waals surface area (Å²) in [5, 5.41) is 4.19. The van der Waals surface area contributed by atoms with Gasteiger partial charge in [-0.15, -0.1) is 0 Å². The van der Waals surface area contributed by atoms with Gasteiger partial charge in [0.15, 0.2) is 0 Å². The molecule has 3 aromatic rings. The van der Waals surface area contributed by atoms with Crippen LogP contribution in [0.15, 0.2) is 53.6 Å². The Labute approximate surface area is 170 Å². The van der Waals surface area contributed by atoms with E-state index in [0.29, 0.717) is 18.8 Å². The van der Waals surface area contributed by atoms with E-state index in [2.05, 4.69) is 45.9 Å². The summed E-state index contributed by atoms with van der Waals surface area (Å²) >= 11 is 0. The maximum Gasteiger partial charge on any atom is 0.251 e. The molecule has 0 aliphatic carbocycles. The molecule has 1 aliphatic rings. The molecular formula is C22H27N5O2. The number of ether oxygens (including phenoxy) is 1. The quantitative estimate of drug-likeness (QED) is 0.696. The molecule has 1 fully saturated rings. The lowest BCUT2D eigenvalue weighted by Gasteiger charge is -2.38. The van der Waals surface area contributed by atoms with Crippen molar-refractivity contribution < 1.29 is 4.74 Å². The number of morpholine rings is 1. The Morgan fingerprint density at radius 1 is 1.24 bits per heavy atom. The molecule has 2 aromatic heterocycles. The van der Waals surface area contributed by atoms with Crippen LogP contribution in [0.4, 0.5) is 0 Å². The molecule has 3 heterocycles. The molecule has 0 amide bonds. The molecule has 1 N–H and O–H groups in total. The van der Waals surface area contributed by atoms with Crippen LogP contribution in [0.5, 0.6) is 0 Å². The van der Waals surface area contributed by atoms with Crippen molar-refractivity contribution >= 4 is 0 Å². The SMILES string of the molecule is CC1(C)CN(Cc2ccc(-c3nc(CCn4cccn4)cc(=O)[nH]3)cc2)CCO1. The second-order valence-electron chi connectivity index (χ2n) is 8.12. The second-order valence-corrected chi connectivity index (χ2v) is 8.12. The normalized spacial score (nSPS) is 16.8. The Balaban J connectivity index is 1.45. The second kappa shape index (κ2) is 8.31. The standard InChI is InChI=1S/C22H27N5O2/c1-22(2)16-26(12-13-29-22)15-17-4-6-18(7-5-17)21-24-19(14-20(28)25-21)8-11-27-10-3-9-23-27/h3-7,9-10,14H,8,11-13,15-16H2,1-2H3,(H,24,25,28). The fourth-order valence-electron chi connectivity index (χ4n) is 3.71. The monoisotopic (exact) mass is 393 g/mol. The van der Waals surface area contributed by atoms with E-state index in [0.717, 1.165) is 37.5 Å². The average molecular weight is 393 g/mol. The number of aryl methyl sites for hydroxylation is 2. The minimum atomic E-state index is -0.134. The molecule has 0 bridgehead atoms. The van der Waals surface area contributed by atoms with Crippen LogP contribution in [0.2, 0.25) is 0 Å². The molecular weight excluding hydrogens is 366 g/mol. The molecule has 4 rings (SSSR count). The highest BCUT2D eigenvalue weighted by atomic mass is 16.5. The Morgan fingerprint density at radius 3 is 2.79 bits per heavy atom. The number of nitrogens with one attached hydrogen (secondary N) is 1. The van der Waals surface area contributed by atoms with E-state index >= 15 is 0 Å². The third kappa shape index (κ3) is 5.19. The van der Waals surface area contributed by atoms with Crippen LogP contribution in [0, 0.1) is 0 Å². The zero-order valence-electron chi connectivity index (χ0n) is 17.0. The molecule has 0 unspecified atom stereocenters. The summed E-state index contributed by atoms with van der Waals surface area (Å²) in [6, 6.07) is 11.7. The van der Waals surface area contributed by atoms with Crippen molar-refractivity contribution in [2.75, 3.05) is 19.7 Å². The fourth-order valence-corrected chi connectivity index (χ4v) is 3.71. The lowest BCUT2D eigenvalue weighted by molar-refractivity contribution is -0.0882. The van der Waals surface area contributed by atoms with Crippen LogP contribution >= 0.6 is 0 Å². The number of nitrogens with zero attached hydrogens (tertiary/aromatic N) is 4. The van der Waals surface area contributed by atoms with Gasteiger partial charge in [-0.05, 0) is 25.5 Å². The first kappa shape index (κ1) is 19.5. The zero-order chi connectivity index (χ0) is 20.3. The van der Waals surface area contributed by atoms with Gasteiger partial charge >= 0.3 is 0 Å². The molecule has 152 valence electrons. The van der Waals surface area contributed by atoms with Gasteiger partial charge in [-0.2, -0.15) is 5.10 Å². The Hall–Kier alpha value is -2.77. The highest BCUT2D eigenvalue weighted by molar-refractivity contribution is 5.55. The van der Waals surface area contributed by atoms with Crippen LogP contribution in [0.1, 0.15) is 25.1 Å². The highest BCUT2D eigenvalue weighted by Crippen LogP contribution is 2.20. The maximum absolute atomic E-state index is 12.1. The number of hydrogen-bond donors (Lipinski definition) is 1. The summed E-state index contributed by atoms with van der Waals surface area (Å²) in [4.78, 5) is 22.0. The van der Waals surface area contributed by atoms with Gasteiger partial charge in [0.05, 0.1) is 17.9 Å². The Morgan fingerprint density at radius 2 is 2.07 bits per heavy atom. The van der Waals surface area contributed by atoms with Crippen molar-refractivity contribution in [2.24, 2.45) is 0 Å². The summed E-state index contributed by atoms with van der Waals surface area (Å²) in [6.45, 7) is 8.47. The Bertz CT molecular complexity index is 993.